The molecule has 1 fully saturated rings. The Labute approximate surface area is 156 Å². The number of hydrogen-bond donors (Lipinski definition) is 2. The standard InChI is InChI=1S/C19H20FN5O2/c20-12-2-3-16-14(10-12)15(11-17(26)24-16)18(27)25-8-4-13(5-9-25)23-19-21-6-1-7-22-19/h1-3,6-7,10,13,15H,4-5,8-9,11H2,(H,24,26)(H,21,22,23). The van der Waals surface area contributed by atoms with Crippen molar-refractivity contribution in [3.8, 4) is 0 Å². The van der Waals surface area contributed by atoms with E-state index in [4.69, 9.17) is 0 Å². The van der Waals surface area contributed by atoms with E-state index in [-0.39, 0.29) is 24.3 Å². The number of fused-ring (bicyclic) bond motifs is 1. The Kier molecular flexibility index (Phi) is 4.70. The van der Waals surface area contributed by atoms with Gasteiger partial charge in [-0.05, 0) is 42.7 Å². The van der Waals surface area contributed by atoms with Gasteiger partial charge in [-0.15, -0.1) is 0 Å². The molecule has 1 aromatic heterocycles. The van der Waals surface area contributed by atoms with Crippen molar-refractivity contribution in [1.82, 2.24) is 14.9 Å². The van der Waals surface area contributed by atoms with Crippen LogP contribution in [0.2, 0.25) is 0 Å². The van der Waals surface area contributed by atoms with Gasteiger partial charge in [0.2, 0.25) is 17.8 Å². The number of aromatic nitrogens is 2. The van der Waals surface area contributed by atoms with Crippen molar-refractivity contribution in [3.05, 3.63) is 48.0 Å². The molecule has 2 aliphatic rings. The molecule has 0 radical (unpaired) electrons. The van der Waals surface area contributed by atoms with E-state index in [9.17, 15) is 14.0 Å². The second-order valence-electron chi connectivity index (χ2n) is 6.85. The average molecular weight is 369 g/mol. The van der Waals surface area contributed by atoms with Crippen molar-refractivity contribution >= 4 is 23.5 Å². The Morgan fingerprint density at radius 2 is 1.96 bits per heavy atom. The molecule has 1 atom stereocenters. The van der Waals surface area contributed by atoms with E-state index < -0.39 is 11.7 Å². The number of benzene rings is 1. The molecule has 0 bridgehead atoms. The Balaban J connectivity index is 1.42. The molecule has 140 valence electrons. The highest BCUT2D eigenvalue weighted by Crippen LogP contribution is 2.34. The molecule has 2 aliphatic heterocycles. The van der Waals surface area contributed by atoms with Gasteiger partial charge < -0.3 is 15.5 Å². The Bertz CT molecular complexity index is 852. The van der Waals surface area contributed by atoms with Gasteiger partial charge in [-0.3, -0.25) is 9.59 Å². The van der Waals surface area contributed by atoms with Crippen LogP contribution in [0.3, 0.4) is 0 Å². The molecule has 8 heteroatoms. The van der Waals surface area contributed by atoms with Crippen LogP contribution in [0.25, 0.3) is 0 Å². The maximum Gasteiger partial charge on any atom is 0.230 e. The number of carbonyl (C=O) groups excluding carboxylic acids is 2. The number of nitrogens with zero attached hydrogens (tertiary/aromatic N) is 3. The van der Waals surface area contributed by atoms with Crippen molar-refractivity contribution in [2.45, 2.75) is 31.2 Å². The number of halogens is 1. The molecule has 0 spiro atoms. The van der Waals surface area contributed by atoms with Crippen molar-refractivity contribution < 1.29 is 14.0 Å². The zero-order valence-corrected chi connectivity index (χ0v) is 14.7. The lowest BCUT2D eigenvalue weighted by molar-refractivity contribution is -0.135. The zero-order chi connectivity index (χ0) is 18.8. The number of likely N-dealkylation sites (tertiary alicyclic amines) is 1. The highest BCUT2D eigenvalue weighted by Gasteiger charge is 2.35. The first kappa shape index (κ1) is 17.4. The van der Waals surface area contributed by atoms with Crippen molar-refractivity contribution in [2.24, 2.45) is 0 Å². The van der Waals surface area contributed by atoms with Crippen LogP contribution >= 0.6 is 0 Å². The van der Waals surface area contributed by atoms with Gasteiger partial charge in [-0.2, -0.15) is 0 Å². The van der Waals surface area contributed by atoms with Gasteiger partial charge in [0.15, 0.2) is 0 Å². The van der Waals surface area contributed by atoms with Crippen LogP contribution in [-0.4, -0.2) is 45.8 Å². The van der Waals surface area contributed by atoms with Crippen LogP contribution < -0.4 is 10.6 Å². The van der Waals surface area contributed by atoms with Crippen molar-refractivity contribution in [1.29, 1.82) is 0 Å². The van der Waals surface area contributed by atoms with Crippen LogP contribution in [0.5, 0.6) is 0 Å². The van der Waals surface area contributed by atoms with Gasteiger partial charge in [0.05, 0.1) is 5.92 Å². The number of anilines is 2. The fourth-order valence-electron chi connectivity index (χ4n) is 3.67. The van der Waals surface area contributed by atoms with E-state index in [0.29, 0.717) is 30.3 Å². The predicted molar refractivity (Wildman–Crippen MR) is 97.6 cm³/mol. The molecule has 2 N–H and O–H groups in total. The third-order valence-electron chi connectivity index (χ3n) is 5.06. The van der Waals surface area contributed by atoms with Crippen LogP contribution in [0.4, 0.5) is 16.0 Å². The number of amides is 2. The number of hydrogen-bond acceptors (Lipinski definition) is 5. The van der Waals surface area contributed by atoms with Crippen molar-refractivity contribution in [2.75, 3.05) is 23.7 Å². The third kappa shape index (κ3) is 3.74. The molecule has 2 amide bonds. The maximum absolute atomic E-state index is 13.7. The highest BCUT2D eigenvalue weighted by molar-refractivity contribution is 6.01. The quantitative estimate of drug-likeness (QED) is 0.866. The molecule has 1 saturated heterocycles. The molecule has 2 aromatic rings. The number of nitrogens with one attached hydrogen (secondary N) is 2. The summed E-state index contributed by atoms with van der Waals surface area (Å²) in [5.74, 6) is -0.799. The van der Waals surface area contributed by atoms with Crippen LogP contribution in [-0.2, 0) is 9.59 Å². The Hall–Kier alpha value is -3.03. The third-order valence-corrected chi connectivity index (χ3v) is 5.06. The summed E-state index contributed by atoms with van der Waals surface area (Å²) in [5, 5.41) is 5.99. The summed E-state index contributed by atoms with van der Waals surface area (Å²) >= 11 is 0. The fraction of sp³-hybridized carbons (Fsp3) is 0.368. The second kappa shape index (κ2) is 7.30. The lowest BCUT2D eigenvalue weighted by atomic mass is 9.88. The first-order chi connectivity index (χ1) is 13.1. The minimum absolute atomic E-state index is 0.0469. The number of rotatable bonds is 3. The lowest BCUT2D eigenvalue weighted by Crippen LogP contribution is -2.45. The largest absolute Gasteiger partial charge is 0.351 e. The van der Waals surface area contributed by atoms with Crippen LogP contribution in [0.15, 0.2) is 36.7 Å². The SMILES string of the molecule is O=C1CC(C(=O)N2CCC(Nc3ncccn3)CC2)c2cc(F)ccc2N1. The number of piperidine rings is 1. The molecule has 7 nitrogen and oxygen atoms in total. The Morgan fingerprint density at radius 1 is 1.22 bits per heavy atom. The molecule has 1 aromatic carbocycles. The second-order valence-corrected chi connectivity index (χ2v) is 6.85. The van der Waals surface area contributed by atoms with Gasteiger partial charge in [0, 0.05) is 43.6 Å². The van der Waals surface area contributed by atoms with Gasteiger partial charge in [0.1, 0.15) is 5.82 Å². The van der Waals surface area contributed by atoms with Gasteiger partial charge >= 0.3 is 0 Å². The minimum atomic E-state index is -0.633. The van der Waals surface area contributed by atoms with Gasteiger partial charge in [-0.25, -0.2) is 14.4 Å². The molecular weight excluding hydrogens is 349 g/mol. The summed E-state index contributed by atoms with van der Waals surface area (Å²) in [5.41, 5.74) is 1.07. The Morgan fingerprint density at radius 3 is 2.70 bits per heavy atom. The predicted octanol–water partition coefficient (Wildman–Crippen LogP) is 2.14. The first-order valence-electron chi connectivity index (χ1n) is 9.02. The lowest BCUT2D eigenvalue weighted by Gasteiger charge is -2.35. The topological polar surface area (TPSA) is 87.2 Å². The van der Waals surface area contributed by atoms with E-state index in [1.807, 2.05) is 0 Å². The summed E-state index contributed by atoms with van der Waals surface area (Å²) in [4.78, 5) is 35.1. The fourth-order valence-corrected chi connectivity index (χ4v) is 3.67. The smallest absolute Gasteiger partial charge is 0.230 e. The maximum atomic E-state index is 13.7. The first-order valence-corrected chi connectivity index (χ1v) is 9.02. The van der Waals surface area contributed by atoms with Crippen molar-refractivity contribution in [3.63, 3.8) is 0 Å². The molecule has 27 heavy (non-hydrogen) atoms. The van der Waals surface area contributed by atoms with Crippen LogP contribution in [0.1, 0.15) is 30.7 Å². The van der Waals surface area contributed by atoms with E-state index in [1.54, 1.807) is 23.4 Å². The van der Waals surface area contributed by atoms with Crippen LogP contribution in [0, 0.1) is 5.82 Å². The summed E-state index contributed by atoms with van der Waals surface area (Å²) in [7, 11) is 0. The van der Waals surface area contributed by atoms with E-state index in [0.717, 1.165) is 12.8 Å². The summed E-state index contributed by atoms with van der Waals surface area (Å²) in [6.07, 6.45) is 4.93. The van der Waals surface area contributed by atoms with E-state index in [2.05, 4.69) is 20.6 Å². The normalized spacial score (nSPS) is 20.0. The minimum Gasteiger partial charge on any atom is -0.351 e. The molecule has 0 saturated carbocycles. The summed E-state index contributed by atoms with van der Waals surface area (Å²) < 4.78 is 13.7. The summed E-state index contributed by atoms with van der Waals surface area (Å²) in [6, 6.07) is 6.09. The monoisotopic (exact) mass is 369 g/mol. The molecule has 3 heterocycles. The van der Waals surface area contributed by atoms with E-state index >= 15 is 0 Å². The van der Waals surface area contributed by atoms with E-state index in [1.165, 1.54) is 18.2 Å². The van der Waals surface area contributed by atoms with Gasteiger partial charge in [-0.1, -0.05) is 0 Å². The molecular formula is C19H20FN5O2. The van der Waals surface area contributed by atoms with Gasteiger partial charge in [0.25, 0.3) is 0 Å². The molecule has 1 unspecified atom stereocenters. The average Bonchev–Trinajstić information content (AvgIpc) is 2.68. The summed E-state index contributed by atoms with van der Waals surface area (Å²) in [6.45, 7) is 1.15. The highest BCUT2D eigenvalue weighted by atomic mass is 19.1. The molecule has 0 aliphatic carbocycles. The zero-order valence-electron chi connectivity index (χ0n) is 14.7. The molecule has 4 rings (SSSR count). The number of carbonyl (C=O) groups is 2.